The van der Waals surface area contributed by atoms with Gasteiger partial charge in [-0.25, -0.2) is 9.59 Å². The number of anilines is 1. The molecule has 0 radical (unpaired) electrons. The Balaban J connectivity index is 2.10. The summed E-state index contributed by atoms with van der Waals surface area (Å²) in [6.07, 6.45) is -2.65. The van der Waals surface area contributed by atoms with E-state index in [2.05, 4.69) is 8.75 Å². The van der Waals surface area contributed by atoms with Crippen LogP contribution in [-0.2, 0) is 38.1 Å². The standard InChI is InChI=1S/C25H40N4O9S/c1-8-9-20(31)36-16(2)23(32)37-17(3)24(33)38-19(14-29(18(4)30)25(5,6)7)15-35-22-21(26-39-27-22)28-10-12-34-13-11-28/h16-17,19H,8-15H2,1-7H3/t16?,17?,19-/m0/s1. The van der Waals surface area contributed by atoms with Gasteiger partial charge in [-0.05, 0) is 41.0 Å². The highest BCUT2D eigenvalue weighted by atomic mass is 32.1. The normalized spacial score (nSPS) is 16.0. The van der Waals surface area contributed by atoms with Crippen LogP contribution < -0.4 is 9.64 Å². The average Bonchev–Trinajstić information content (AvgIpc) is 3.33. The molecule has 13 nitrogen and oxygen atoms in total. The smallest absolute Gasteiger partial charge is 0.347 e. The minimum atomic E-state index is -1.29. The molecule has 3 atom stereocenters. The van der Waals surface area contributed by atoms with Crippen LogP contribution in [0.4, 0.5) is 5.82 Å². The highest BCUT2D eigenvalue weighted by Crippen LogP contribution is 2.27. The first kappa shape index (κ1) is 32.2. The average molecular weight is 573 g/mol. The van der Waals surface area contributed by atoms with E-state index in [-0.39, 0.29) is 31.4 Å². The molecule has 1 saturated heterocycles. The number of carbonyl (C=O) groups excluding carboxylic acids is 4. The van der Waals surface area contributed by atoms with Crippen LogP contribution in [0.3, 0.4) is 0 Å². The Morgan fingerprint density at radius 3 is 2.23 bits per heavy atom. The van der Waals surface area contributed by atoms with Gasteiger partial charge in [0, 0.05) is 32.0 Å². The van der Waals surface area contributed by atoms with Gasteiger partial charge in [-0.1, -0.05) is 6.92 Å². The number of hydrogen-bond donors (Lipinski definition) is 0. The molecule has 14 heteroatoms. The molecular formula is C25H40N4O9S. The van der Waals surface area contributed by atoms with Crippen LogP contribution >= 0.6 is 11.7 Å². The highest BCUT2D eigenvalue weighted by molar-refractivity contribution is 6.99. The van der Waals surface area contributed by atoms with Gasteiger partial charge in [0.15, 0.2) is 18.3 Å². The molecule has 2 heterocycles. The van der Waals surface area contributed by atoms with Crippen molar-refractivity contribution in [3.63, 3.8) is 0 Å². The van der Waals surface area contributed by atoms with E-state index in [1.165, 1.54) is 20.8 Å². The molecule has 39 heavy (non-hydrogen) atoms. The van der Waals surface area contributed by atoms with E-state index in [1.54, 1.807) is 4.90 Å². The Morgan fingerprint density at radius 1 is 1.03 bits per heavy atom. The molecule has 1 amide bonds. The number of rotatable bonds is 13. The molecule has 1 aliphatic heterocycles. The maximum absolute atomic E-state index is 12.9. The van der Waals surface area contributed by atoms with Gasteiger partial charge in [0.05, 0.1) is 31.5 Å². The third-order valence-electron chi connectivity index (χ3n) is 5.74. The first-order valence-corrected chi connectivity index (χ1v) is 13.7. The number of morpholine rings is 1. The Labute approximate surface area is 233 Å². The molecule has 1 aliphatic rings. The molecule has 2 rings (SSSR count). The maximum atomic E-state index is 12.9. The SMILES string of the molecule is CCCC(=O)OC(C)C(=O)OC(C)C(=O)O[C@H](COc1nsnc1N1CCOCC1)CN(C(C)=O)C(C)(C)C. The van der Waals surface area contributed by atoms with Crippen molar-refractivity contribution in [1.82, 2.24) is 13.6 Å². The van der Waals surface area contributed by atoms with Gasteiger partial charge in [-0.15, -0.1) is 4.37 Å². The predicted octanol–water partition coefficient (Wildman–Crippen LogP) is 1.98. The van der Waals surface area contributed by atoms with Crippen LogP contribution in [0.1, 0.15) is 61.3 Å². The summed E-state index contributed by atoms with van der Waals surface area (Å²) in [5.74, 6) is -1.60. The summed E-state index contributed by atoms with van der Waals surface area (Å²) < 4.78 is 35.7. The van der Waals surface area contributed by atoms with Crippen LogP contribution in [-0.4, -0.2) is 101 Å². The number of carbonyl (C=O) groups is 4. The van der Waals surface area contributed by atoms with E-state index in [9.17, 15) is 19.2 Å². The fraction of sp³-hybridized carbons (Fsp3) is 0.760. The molecule has 0 aliphatic carbocycles. The van der Waals surface area contributed by atoms with Gasteiger partial charge in [0.1, 0.15) is 6.61 Å². The largest absolute Gasteiger partial charge is 0.470 e. The van der Waals surface area contributed by atoms with Crippen molar-refractivity contribution in [3.8, 4) is 5.88 Å². The number of ether oxygens (including phenoxy) is 5. The van der Waals surface area contributed by atoms with E-state index >= 15 is 0 Å². The van der Waals surface area contributed by atoms with Gasteiger partial charge in [-0.2, -0.15) is 4.37 Å². The molecule has 0 N–H and O–H groups in total. The minimum Gasteiger partial charge on any atom is -0.470 e. The quantitative estimate of drug-likeness (QED) is 0.251. The summed E-state index contributed by atoms with van der Waals surface area (Å²) in [7, 11) is 0. The van der Waals surface area contributed by atoms with Gasteiger partial charge in [0.2, 0.25) is 11.7 Å². The van der Waals surface area contributed by atoms with Crippen molar-refractivity contribution >= 4 is 41.4 Å². The maximum Gasteiger partial charge on any atom is 0.347 e. The number of aromatic nitrogens is 2. The van der Waals surface area contributed by atoms with E-state index in [4.69, 9.17) is 23.7 Å². The fourth-order valence-corrected chi connectivity index (χ4v) is 4.22. The summed E-state index contributed by atoms with van der Waals surface area (Å²) in [4.78, 5) is 52.9. The lowest BCUT2D eigenvalue weighted by Crippen LogP contribution is -2.50. The van der Waals surface area contributed by atoms with Crippen molar-refractivity contribution < 1.29 is 42.9 Å². The van der Waals surface area contributed by atoms with Crippen LogP contribution in [0.15, 0.2) is 0 Å². The van der Waals surface area contributed by atoms with Crippen molar-refractivity contribution in [2.24, 2.45) is 0 Å². The molecule has 0 saturated carbocycles. The fourth-order valence-electron chi connectivity index (χ4n) is 3.70. The van der Waals surface area contributed by atoms with Gasteiger partial charge in [0.25, 0.3) is 5.88 Å². The molecule has 1 fully saturated rings. The minimum absolute atomic E-state index is 0.0285. The van der Waals surface area contributed by atoms with Gasteiger partial charge in [-0.3, -0.25) is 9.59 Å². The molecule has 1 aromatic rings. The van der Waals surface area contributed by atoms with Crippen molar-refractivity contribution in [1.29, 1.82) is 0 Å². The highest BCUT2D eigenvalue weighted by Gasteiger charge is 2.32. The van der Waals surface area contributed by atoms with Crippen LogP contribution in [0, 0.1) is 0 Å². The lowest BCUT2D eigenvalue weighted by atomic mass is 10.1. The number of hydrogen-bond acceptors (Lipinski definition) is 13. The molecule has 1 aromatic heterocycles. The molecule has 0 aromatic carbocycles. The van der Waals surface area contributed by atoms with Crippen molar-refractivity contribution in [2.45, 2.75) is 85.2 Å². The molecule has 0 bridgehead atoms. The second-order valence-electron chi connectivity index (χ2n) is 10.1. The van der Waals surface area contributed by atoms with E-state index in [0.717, 1.165) is 11.7 Å². The summed E-state index contributed by atoms with van der Waals surface area (Å²) >= 11 is 0.997. The van der Waals surface area contributed by atoms with Crippen LogP contribution in [0.25, 0.3) is 0 Å². The Hall–Kier alpha value is -3.00. The summed E-state index contributed by atoms with van der Waals surface area (Å²) in [6.45, 7) is 13.8. The van der Waals surface area contributed by atoms with E-state index < -0.39 is 41.8 Å². The summed E-state index contributed by atoms with van der Waals surface area (Å²) in [5, 5.41) is 0. The van der Waals surface area contributed by atoms with E-state index in [1.807, 2.05) is 32.6 Å². The molecule has 220 valence electrons. The first-order valence-electron chi connectivity index (χ1n) is 13.0. The zero-order chi connectivity index (χ0) is 29.2. The lowest BCUT2D eigenvalue weighted by Gasteiger charge is -2.37. The van der Waals surface area contributed by atoms with Crippen molar-refractivity contribution in [2.75, 3.05) is 44.4 Å². The van der Waals surface area contributed by atoms with E-state index in [0.29, 0.717) is 38.5 Å². The van der Waals surface area contributed by atoms with Gasteiger partial charge < -0.3 is 33.5 Å². The van der Waals surface area contributed by atoms with Crippen LogP contribution in [0.2, 0.25) is 0 Å². The topological polar surface area (TPSA) is 147 Å². The third-order valence-corrected chi connectivity index (χ3v) is 6.24. The monoisotopic (exact) mass is 572 g/mol. The first-order chi connectivity index (χ1) is 18.3. The Bertz CT molecular complexity index is 975. The number of amides is 1. The lowest BCUT2D eigenvalue weighted by molar-refractivity contribution is -0.180. The molecular weight excluding hydrogens is 532 g/mol. The molecule has 2 unspecified atom stereocenters. The molecule has 0 spiro atoms. The zero-order valence-electron chi connectivity index (χ0n) is 23.8. The van der Waals surface area contributed by atoms with Crippen molar-refractivity contribution in [3.05, 3.63) is 0 Å². The van der Waals surface area contributed by atoms with Crippen LogP contribution in [0.5, 0.6) is 5.88 Å². The zero-order valence-corrected chi connectivity index (χ0v) is 24.6. The summed E-state index contributed by atoms with van der Waals surface area (Å²) in [6, 6.07) is 0. The van der Waals surface area contributed by atoms with Gasteiger partial charge >= 0.3 is 17.9 Å². The Kier molecular flexibility index (Phi) is 12.4. The second kappa shape index (κ2) is 15.0. The predicted molar refractivity (Wildman–Crippen MR) is 141 cm³/mol. The Morgan fingerprint density at radius 2 is 1.64 bits per heavy atom. The third kappa shape index (κ3) is 10.2. The second-order valence-corrected chi connectivity index (χ2v) is 10.7. The number of esters is 3. The summed E-state index contributed by atoms with van der Waals surface area (Å²) in [5.41, 5.74) is -0.562. The number of nitrogens with zero attached hydrogens (tertiary/aromatic N) is 4.